The molecule has 1 aromatic heterocycles. The number of amides is 1. The number of nitrogens with zero attached hydrogens (tertiary/aromatic N) is 3. The van der Waals surface area contributed by atoms with Crippen molar-refractivity contribution in [3.8, 4) is 0 Å². The van der Waals surface area contributed by atoms with Crippen LogP contribution >= 0.6 is 0 Å². The summed E-state index contributed by atoms with van der Waals surface area (Å²) in [6, 6.07) is 4.06. The van der Waals surface area contributed by atoms with Gasteiger partial charge in [0.25, 0.3) is 0 Å². The van der Waals surface area contributed by atoms with E-state index in [0.29, 0.717) is 25.7 Å². The number of aliphatic hydroxyl groups is 1. The van der Waals surface area contributed by atoms with Crippen LogP contribution in [0.1, 0.15) is 19.6 Å². The first-order chi connectivity index (χ1) is 10.5. The highest BCUT2D eigenvalue weighted by molar-refractivity contribution is 5.77. The van der Waals surface area contributed by atoms with Crippen molar-refractivity contribution in [2.75, 3.05) is 39.8 Å². The zero-order valence-electron chi connectivity index (χ0n) is 13.7. The number of furan rings is 1. The van der Waals surface area contributed by atoms with Crippen molar-refractivity contribution in [3.05, 3.63) is 24.2 Å². The van der Waals surface area contributed by atoms with Gasteiger partial charge in [0.15, 0.2) is 0 Å². The van der Waals surface area contributed by atoms with E-state index in [1.54, 1.807) is 18.2 Å². The van der Waals surface area contributed by atoms with E-state index in [1.807, 2.05) is 19.1 Å². The average molecular weight is 309 g/mol. The zero-order valence-corrected chi connectivity index (χ0v) is 13.7. The first kappa shape index (κ1) is 17.0. The molecule has 2 rings (SSSR count). The van der Waals surface area contributed by atoms with Crippen LogP contribution in [0.15, 0.2) is 22.8 Å². The molecule has 1 amide bonds. The first-order valence-electron chi connectivity index (χ1n) is 7.86. The van der Waals surface area contributed by atoms with Crippen molar-refractivity contribution in [1.29, 1.82) is 0 Å². The Morgan fingerprint density at radius 3 is 2.91 bits per heavy atom. The normalized spacial score (nSPS) is 21.7. The van der Waals surface area contributed by atoms with Gasteiger partial charge < -0.3 is 14.4 Å². The van der Waals surface area contributed by atoms with Crippen LogP contribution in [0.25, 0.3) is 0 Å². The lowest BCUT2D eigenvalue weighted by Crippen LogP contribution is -2.55. The molecule has 6 heteroatoms. The van der Waals surface area contributed by atoms with E-state index in [-0.39, 0.29) is 12.0 Å². The smallest absolute Gasteiger partial charge is 0.236 e. The van der Waals surface area contributed by atoms with Gasteiger partial charge >= 0.3 is 0 Å². The predicted octanol–water partition coefficient (Wildman–Crippen LogP) is 0.625. The molecular formula is C16H27N3O3. The lowest BCUT2D eigenvalue weighted by molar-refractivity contribution is -0.132. The number of aliphatic hydroxyl groups excluding tert-OH is 1. The summed E-state index contributed by atoms with van der Waals surface area (Å²) >= 11 is 0. The Bertz CT molecular complexity index is 461. The second-order valence-electron chi connectivity index (χ2n) is 6.26. The quantitative estimate of drug-likeness (QED) is 0.835. The molecule has 22 heavy (non-hydrogen) atoms. The second-order valence-corrected chi connectivity index (χ2v) is 6.26. The number of carbonyl (C=O) groups is 1. The van der Waals surface area contributed by atoms with Gasteiger partial charge in [0.2, 0.25) is 5.91 Å². The first-order valence-corrected chi connectivity index (χ1v) is 7.86. The highest BCUT2D eigenvalue weighted by Gasteiger charge is 2.26. The minimum atomic E-state index is -0.310. The van der Waals surface area contributed by atoms with E-state index in [0.717, 1.165) is 25.4 Å². The van der Waals surface area contributed by atoms with Crippen molar-refractivity contribution < 1.29 is 14.3 Å². The highest BCUT2D eigenvalue weighted by Crippen LogP contribution is 2.11. The van der Waals surface area contributed by atoms with Gasteiger partial charge in [0, 0.05) is 39.3 Å². The summed E-state index contributed by atoms with van der Waals surface area (Å²) in [6.07, 6.45) is 1.31. The summed E-state index contributed by atoms with van der Waals surface area (Å²) in [6.45, 7) is 8.19. The third kappa shape index (κ3) is 4.83. The van der Waals surface area contributed by atoms with Crippen LogP contribution in [0.4, 0.5) is 0 Å². The molecule has 1 aliphatic heterocycles. The van der Waals surface area contributed by atoms with Gasteiger partial charge in [0.05, 0.1) is 25.5 Å². The van der Waals surface area contributed by atoms with E-state index in [2.05, 4.69) is 16.7 Å². The van der Waals surface area contributed by atoms with Crippen LogP contribution in [-0.2, 0) is 11.3 Å². The van der Waals surface area contributed by atoms with Gasteiger partial charge in [-0.1, -0.05) is 0 Å². The molecule has 0 saturated carbocycles. The molecule has 6 nitrogen and oxygen atoms in total. The fourth-order valence-electron chi connectivity index (χ4n) is 2.86. The van der Waals surface area contributed by atoms with Crippen molar-refractivity contribution in [2.45, 2.75) is 32.5 Å². The molecule has 2 atom stereocenters. The highest BCUT2D eigenvalue weighted by atomic mass is 16.3. The van der Waals surface area contributed by atoms with Crippen molar-refractivity contribution in [2.24, 2.45) is 0 Å². The van der Waals surface area contributed by atoms with Gasteiger partial charge in [-0.15, -0.1) is 0 Å². The molecule has 1 fully saturated rings. The molecule has 1 aliphatic rings. The third-order valence-corrected chi connectivity index (χ3v) is 4.11. The maximum Gasteiger partial charge on any atom is 0.236 e. The lowest BCUT2D eigenvalue weighted by Gasteiger charge is -2.40. The van der Waals surface area contributed by atoms with Crippen molar-refractivity contribution in [1.82, 2.24) is 14.7 Å². The molecule has 0 bridgehead atoms. The van der Waals surface area contributed by atoms with Gasteiger partial charge in [-0.05, 0) is 26.0 Å². The van der Waals surface area contributed by atoms with Crippen LogP contribution in [0, 0.1) is 0 Å². The van der Waals surface area contributed by atoms with Crippen LogP contribution < -0.4 is 0 Å². The molecule has 124 valence electrons. The molecule has 1 aromatic rings. The monoisotopic (exact) mass is 309 g/mol. The van der Waals surface area contributed by atoms with Gasteiger partial charge in [0.1, 0.15) is 5.76 Å². The van der Waals surface area contributed by atoms with Crippen LogP contribution in [0.2, 0.25) is 0 Å². The second kappa shape index (κ2) is 7.76. The predicted molar refractivity (Wildman–Crippen MR) is 84.3 cm³/mol. The summed E-state index contributed by atoms with van der Waals surface area (Å²) in [5, 5.41) is 9.50. The molecule has 0 aromatic carbocycles. The number of likely N-dealkylation sites (N-methyl/N-ethyl adjacent to an activating group) is 1. The van der Waals surface area contributed by atoms with Crippen molar-refractivity contribution >= 4 is 5.91 Å². The Morgan fingerprint density at radius 2 is 2.32 bits per heavy atom. The van der Waals surface area contributed by atoms with Crippen LogP contribution in [-0.4, -0.2) is 77.6 Å². The standard InChI is InChI=1S/C16H27N3O3/c1-13-9-18(6-7-19(13)10-14(2)20)12-16(21)17(3)11-15-5-4-8-22-15/h4-5,8,13-14,20H,6-7,9-12H2,1-3H3/t13-,14+/m0/s1. The topological polar surface area (TPSA) is 60.2 Å². The average Bonchev–Trinajstić information content (AvgIpc) is 2.94. The SMILES string of the molecule is C[C@@H](O)CN1CCN(CC(=O)N(C)Cc2ccco2)C[C@@H]1C. The molecule has 0 radical (unpaired) electrons. The molecule has 1 saturated heterocycles. The van der Waals surface area contributed by atoms with E-state index in [1.165, 1.54) is 0 Å². The van der Waals surface area contributed by atoms with Crippen LogP contribution in [0.5, 0.6) is 0 Å². The Hall–Kier alpha value is -1.37. The van der Waals surface area contributed by atoms with E-state index >= 15 is 0 Å². The van der Waals surface area contributed by atoms with Gasteiger partial charge in [-0.25, -0.2) is 0 Å². The number of β-amino-alcohol motifs (C(OH)–C–C–N with tert-alkyl or cyclic N) is 1. The number of rotatable bonds is 6. The van der Waals surface area contributed by atoms with Gasteiger partial charge in [-0.3, -0.25) is 14.6 Å². The Labute approximate surface area is 132 Å². The number of piperazine rings is 1. The molecule has 0 aliphatic carbocycles. The fourth-order valence-corrected chi connectivity index (χ4v) is 2.86. The number of hydrogen-bond acceptors (Lipinski definition) is 5. The Kier molecular flexibility index (Phi) is 5.99. The van der Waals surface area contributed by atoms with E-state index < -0.39 is 0 Å². The Balaban J connectivity index is 1.78. The fraction of sp³-hybridized carbons (Fsp3) is 0.688. The number of carbonyl (C=O) groups excluding carboxylic acids is 1. The maximum absolute atomic E-state index is 12.3. The minimum absolute atomic E-state index is 0.104. The zero-order chi connectivity index (χ0) is 16.1. The summed E-state index contributed by atoms with van der Waals surface area (Å²) in [5.41, 5.74) is 0. The third-order valence-electron chi connectivity index (χ3n) is 4.11. The van der Waals surface area contributed by atoms with E-state index in [4.69, 9.17) is 4.42 Å². The molecule has 2 heterocycles. The lowest BCUT2D eigenvalue weighted by atomic mass is 10.1. The molecule has 0 unspecified atom stereocenters. The van der Waals surface area contributed by atoms with Crippen molar-refractivity contribution in [3.63, 3.8) is 0 Å². The minimum Gasteiger partial charge on any atom is -0.467 e. The number of hydrogen-bond donors (Lipinski definition) is 1. The summed E-state index contributed by atoms with van der Waals surface area (Å²) in [7, 11) is 1.80. The Morgan fingerprint density at radius 1 is 1.55 bits per heavy atom. The molecule has 1 N–H and O–H groups in total. The molecule has 0 spiro atoms. The molecular weight excluding hydrogens is 282 g/mol. The maximum atomic E-state index is 12.3. The summed E-state index contributed by atoms with van der Waals surface area (Å²) < 4.78 is 5.27. The van der Waals surface area contributed by atoms with Gasteiger partial charge in [-0.2, -0.15) is 0 Å². The van der Waals surface area contributed by atoms with E-state index in [9.17, 15) is 9.90 Å². The summed E-state index contributed by atoms with van der Waals surface area (Å²) in [4.78, 5) is 18.5. The largest absolute Gasteiger partial charge is 0.467 e. The summed E-state index contributed by atoms with van der Waals surface area (Å²) in [5.74, 6) is 0.901. The van der Waals surface area contributed by atoms with Crippen LogP contribution in [0.3, 0.4) is 0 Å².